The van der Waals surface area contributed by atoms with E-state index in [-0.39, 0.29) is 11.5 Å². The number of furan rings is 1. The van der Waals surface area contributed by atoms with Crippen molar-refractivity contribution in [3.05, 3.63) is 88.2 Å². The number of hydrogen-bond donors (Lipinski definition) is 3. The average molecular weight is 509 g/mol. The van der Waals surface area contributed by atoms with E-state index in [1.54, 1.807) is 43.5 Å². The molecule has 0 saturated heterocycles. The number of carbonyl (C=O) groups excluding carboxylic acids is 2. The van der Waals surface area contributed by atoms with Crippen LogP contribution in [0, 0.1) is 0 Å². The molecule has 2 aromatic carbocycles. The van der Waals surface area contributed by atoms with Crippen molar-refractivity contribution in [2.75, 3.05) is 13.7 Å². The minimum Gasteiger partial charge on any atom is -0.497 e. The number of nitrogens with one attached hydrogen (secondary N) is 3. The fourth-order valence-electron chi connectivity index (χ4n) is 3.16. The summed E-state index contributed by atoms with van der Waals surface area (Å²) in [6.45, 7) is 0.334. The molecule has 0 radical (unpaired) electrons. The molecule has 0 aliphatic heterocycles. The number of hydrogen-bond acceptors (Lipinski definition) is 5. The number of ether oxygens (including phenoxy) is 1. The zero-order valence-corrected chi connectivity index (χ0v) is 19.3. The van der Waals surface area contributed by atoms with Crippen LogP contribution in [0.2, 0.25) is 0 Å². The van der Waals surface area contributed by atoms with Crippen LogP contribution in [0.15, 0.2) is 75.4 Å². The first-order valence-corrected chi connectivity index (χ1v) is 11.0. The van der Waals surface area contributed by atoms with Crippen LogP contribution in [0.25, 0.3) is 17.1 Å². The van der Waals surface area contributed by atoms with Crippen LogP contribution in [0.4, 0.5) is 0 Å². The van der Waals surface area contributed by atoms with Gasteiger partial charge in [0, 0.05) is 13.0 Å². The lowest BCUT2D eigenvalue weighted by Crippen LogP contribution is -2.35. The number of fused-ring (bicyclic) bond motifs is 1. The van der Waals surface area contributed by atoms with Crippen molar-refractivity contribution >= 4 is 44.9 Å². The van der Waals surface area contributed by atoms with E-state index in [4.69, 9.17) is 9.15 Å². The van der Waals surface area contributed by atoms with Gasteiger partial charge in [0.1, 0.15) is 17.3 Å². The summed E-state index contributed by atoms with van der Waals surface area (Å²) in [5.41, 5.74) is 2.62. The number of methoxy groups -OCH3 is 1. The molecule has 3 N–H and O–H groups in total. The van der Waals surface area contributed by atoms with Crippen LogP contribution >= 0.6 is 15.9 Å². The summed E-state index contributed by atoms with van der Waals surface area (Å²) in [6, 6.07) is 18.0. The number of carbonyl (C=O) groups is 2. The Labute approximate surface area is 198 Å². The number of aromatic amines is 1. The third-order valence-electron chi connectivity index (χ3n) is 4.80. The molecule has 33 heavy (non-hydrogen) atoms. The molecular formula is C24H21BrN4O4. The molecule has 0 aliphatic carbocycles. The Hall–Kier alpha value is -3.85. The van der Waals surface area contributed by atoms with E-state index in [2.05, 4.69) is 36.5 Å². The molecule has 0 aliphatic rings. The molecule has 4 aromatic rings. The molecule has 0 atom stereocenters. The number of H-pyrrole nitrogens is 1. The summed E-state index contributed by atoms with van der Waals surface area (Å²) in [6.07, 6.45) is 2.10. The quantitative estimate of drug-likeness (QED) is 0.311. The maximum Gasteiger partial charge on any atom is 0.291 e. The van der Waals surface area contributed by atoms with Crippen molar-refractivity contribution in [3.63, 3.8) is 0 Å². The van der Waals surface area contributed by atoms with Crippen LogP contribution in [-0.2, 0) is 11.2 Å². The number of rotatable bonds is 8. The Morgan fingerprint density at radius 2 is 1.91 bits per heavy atom. The highest BCUT2D eigenvalue weighted by Gasteiger charge is 2.17. The van der Waals surface area contributed by atoms with E-state index in [1.165, 1.54) is 6.07 Å². The first-order valence-electron chi connectivity index (χ1n) is 10.2. The fraction of sp³-hybridized carbons (Fsp3) is 0.125. The summed E-state index contributed by atoms with van der Waals surface area (Å²) >= 11 is 3.17. The summed E-state index contributed by atoms with van der Waals surface area (Å²) in [5, 5.41) is 5.47. The molecular weight excluding hydrogens is 488 g/mol. The summed E-state index contributed by atoms with van der Waals surface area (Å²) in [4.78, 5) is 33.2. The number of benzene rings is 2. The Kier molecular flexibility index (Phi) is 6.89. The van der Waals surface area contributed by atoms with Gasteiger partial charge in [0.15, 0.2) is 10.4 Å². The second-order valence-electron chi connectivity index (χ2n) is 7.10. The topological polar surface area (TPSA) is 109 Å². The van der Waals surface area contributed by atoms with Crippen molar-refractivity contribution in [1.82, 2.24) is 20.6 Å². The van der Waals surface area contributed by atoms with Crippen LogP contribution in [0.5, 0.6) is 5.75 Å². The van der Waals surface area contributed by atoms with E-state index in [1.807, 2.05) is 24.3 Å². The van der Waals surface area contributed by atoms with Crippen LogP contribution < -0.4 is 15.4 Å². The molecule has 0 fully saturated rings. The molecule has 2 heterocycles. The van der Waals surface area contributed by atoms with Gasteiger partial charge < -0.3 is 24.8 Å². The predicted molar refractivity (Wildman–Crippen MR) is 128 cm³/mol. The molecule has 0 spiro atoms. The van der Waals surface area contributed by atoms with Gasteiger partial charge in [-0.1, -0.05) is 24.3 Å². The predicted octanol–water partition coefficient (Wildman–Crippen LogP) is 4.06. The summed E-state index contributed by atoms with van der Waals surface area (Å²) in [5.74, 6) is 0.571. The SMILES string of the molecule is COc1ccc(C=C(NC(=O)c2ccc(Br)o2)C(=O)NCCc2nc3ccccc3[nH]2)cc1. The molecule has 0 bridgehead atoms. The molecule has 2 amide bonds. The van der Waals surface area contributed by atoms with E-state index < -0.39 is 11.8 Å². The minimum absolute atomic E-state index is 0.0811. The van der Waals surface area contributed by atoms with Crippen molar-refractivity contribution in [2.24, 2.45) is 0 Å². The van der Waals surface area contributed by atoms with Gasteiger partial charge in [0.05, 0.1) is 18.1 Å². The largest absolute Gasteiger partial charge is 0.497 e. The second-order valence-corrected chi connectivity index (χ2v) is 7.88. The van der Waals surface area contributed by atoms with Gasteiger partial charge >= 0.3 is 0 Å². The lowest BCUT2D eigenvalue weighted by molar-refractivity contribution is -0.117. The standard InChI is InChI=1S/C24H21BrN4O4/c1-32-16-8-6-15(7-9-16)14-19(29-24(31)20-10-11-21(25)33-20)23(30)26-13-12-22-27-17-4-2-3-5-18(17)28-22/h2-11,14H,12-13H2,1H3,(H,26,30)(H,27,28)(H,29,31). The van der Waals surface area contributed by atoms with Crippen molar-refractivity contribution in [1.29, 1.82) is 0 Å². The highest BCUT2D eigenvalue weighted by atomic mass is 79.9. The Balaban J connectivity index is 1.47. The molecule has 2 aromatic heterocycles. The molecule has 168 valence electrons. The van der Waals surface area contributed by atoms with Crippen molar-refractivity contribution in [2.45, 2.75) is 6.42 Å². The number of imidazole rings is 1. The zero-order valence-electron chi connectivity index (χ0n) is 17.7. The lowest BCUT2D eigenvalue weighted by Gasteiger charge is -2.10. The van der Waals surface area contributed by atoms with E-state index >= 15 is 0 Å². The maximum atomic E-state index is 12.9. The Bertz CT molecular complexity index is 1270. The zero-order chi connectivity index (χ0) is 23.2. The van der Waals surface area contributed by atoms with Gasteiger partial charge in [-0.05, 0) is 64.0 Å². The number of halogens is 1. The normalized spacial score (nSPS) is 11.4. The first-order chi connectivity index (χ1) is 16.0. The van der Waals surface area contributed by atoms with Gasteiger partial charge in [0.25, 0.3) is 11.8 Å². The van der Waals surface area contributed by atoms with E-state index in [0.29, 0.717) is 23.4 Å². The molecule has 0 saturated carbocycles. The first kappa shape index (κ1) is 22.3. The van der Waals surface area contributed by atoms with E-state index in [0.717, 1.165) is 22.4 Å². The van der Waals surface area contributed by atoms with Crippen molar-refractivity contribution in [3.8, 4) is 5.75 Å². The van der Waals surface area contributed by atoms with Crippen LogP contribution in [-0.4, -0.2) is 35.4 Å². The number of amides is 2. The lowest BCUT2D eigenvalue weighted by atomic mass is 10.1. The molecule has 4 rings (SSSR count). The number of para-hydroxylation sites is 2. The molecule has 0 unspecified atom stereocenters. The third kappa shape index (κ3) is 5.69. The van der Waals surface area contributed by atoms with E-state index in [9.17, 15) is 9.59 Å². The number of aromatic nitrogens is 2. The van der Waals surface area contributed by atoms with Gasteiger partial charge in [0.2, 0.25) is 0 Å². The van der Waals surface area contributed by atoms with Gasteiger partial charge in [-0.3, -0.25) is 9.59 Å². The Morgan fingerprint density at radius 1 is 1.12 bits per heavy atom. The Morgan fingerprint density at radius 3 is 2.61 bits per heavy atom. The summed E-state index contributed by atoms with van der Waals surface area (Å²) < 4.78 is 10.9. The van der Waals surface area contributed by atoms with Crippen LogP contribution in [0.1, 0.15) is 21.9 Å². The highest BCUT2D eigenvalue weighted by molar-refractivity contribution is 9.10. The summed E-state index contributed by atoms with van der Waals surface area (Å²) in [7, 11) is 1.58. The average Bonchev–Trinajstić information content (AvgIpc) is 3.44. The maximum absolute atomic E-state index is 12.9. The van der Waals surface area contributed by atoms with Gasteiger partial charge in [-0.15, -0.1) is 0 Å². The monoisotopic (exact) mass is 508 g/mol. The number of nitrogens with zero attached hydrogens (tertiary/aromatic N) is 1. The smallest absolute Gasteiger partial charge is 0.291 e. The highest BCUT2D eigenvalue weighted by Crippen LogP contribution is 2.16. The molecule has 9 heteroatoms. The minimum atomic E-state index is -0.534. The van der Waals surface area contributed by atoms with Gasteiger partial charge in [-0.25, -0.2) is 4.98 Å². The second kappa shape index (κ2) is 10.2. The molecule has 8 nitrogen and oxygen atoms in total. The van der Waals surface area contributed by atoms with Gasteiger partial charge in [-0.2, -0.15) is 0 Å². The third-order valence-corrected chi connectivity index (χ3v) is 5.23. The van der Waals surface area contributed by atoms with Crippen LogP contribution in [0.3, 0.4) is 0 Å². The fourth-order valence-corrected chi connectivity index (χ4v) is 3.47. The van der Waals surface area contributed by atoms with Crippen molar-refractivity contribution < 1.29 is 18.7 Å².